The third-order valence-corrected chi connectivity index (χ3v) is 18.5. The van der Waals surface area contributed by atoms with E-state index < -0.39 is 43.1 Å². The summed E-state index contributed by atoms with van der Waals surface area (Å²) >= 11 is 0. The largest absolute Gasteiger partial charge is 0.489 e. The molecule has 4 saturated heterocycles. The minimum atomic E-state index is -4.72. The molecule has 8 heterocycles. The first kappa shape index (κ1) is 49.8. The monoisotopic (exact) mass is 1050 g/mol. The summed E-state index contributed by atoms with van der Waals surface area (Å²) in [5.41, 5.74) is 4.59. The van der Waals surface area contributed by atoms with Crippen molar-refractivity contribution >= 4 is 55.4 Å². The van der Waals surface area contributed by atoms with E-state index in [-0.39, 0.29) is 47.1 Å². The number of aromatic nitrogens is 2. The maximum absolute atomic E-state index is 14.8. The third kappa shape index (κ3) is 9.55. The second-order valence-corrected chi connectivity index (χ2v) is 24.2. The number of nitrogens with zero attached hydrogens (tertiary/aromatic N) is 6. The van der Waals surface area contributed by atoms with Crippen LogP contribution in [0.3, 0.4) is 0 Å². The molecule has 1 aliphatic carbocycles. The summed E-state index contributed by atoms with van der Waals surface area (Å²) in [6.45, 7) is 13.0. The van der Waals surface area contributed by atoms with Crippen LogP contribution in [0.15, 0.2) is 77.8 Å². The van der Waals surface area contributed by atoms with Gasteiger partial charge in [0.05, 0.1) is 64.6 Å². The van der Waals surface area contributed by atoms with Gasteiger partial charge in [0.1, 0.15) is 24.0 Å². The fraction of sp³-hybridized carbons (Fsp3) is 0.527. The minimum Gasteiger partial charge on any atom is -0.489 e. The van der Waals surface area contributed by atoms with E-state index in [1.54, 1.807) is 12.3 Å². The number of likely N-dealkylation sites (tertiary alicyclic amines) is 1. The van der Waals surface area contributed by atoms with Crippen molar-refractivity contribution in [2.75, 3.05) is 87.4 Å². The molecule has 1 saturated carbocycles. The number of aromatic amines is 1. The molecule has 5 aromatic rings. The van der Waals surface area contributed by atoms with E-state index in [0.717, 1.165) is 69.1 Å². The topological polar surface area (TPSA) is 217 Å². The van der Waals surface area contributed by atoms with Crippen LogP contribution in [0.1, 0.15) is 99.2 Å². The highest BCUT2D eigenvalue weighted by atomic mass is 32.2. The number of carbonyl (C=O) groups excluding carboxylic acids is 1. The van der Waals surface area contributed by atoms with E-state index in [9.17, 15) is 28.4 Å². The number of H-pyrrole nitrogens is 1. The first-order valence-electron chi connectivity index (χ1n) is 26.7. The van der Waals surface area contributed by atoms with Crippen molar-refractivity contribution in [1.82, 2.24) is 24.5 Å². The van der Waals surface area contributed by atoms with Gasteiger partial charge in [0.25, 0.3) is 21.6 Å². The van der Waals surface area contributed by atoms with Gasteiger partial charge < -0.3 is 49.1 Å². The number of ether oxygens (including phenoxy) is 4. The van der Waals surface area contributed by atoms with Crippen LogP contribution in [-0.2, 0) is 19.5 Å². The highest BCUT2D eigenvalue weighted by Gasteiger charge is 2.50. The van der Waals surface area contributed by atoms with E-state index in [4.69, 9.17) is 23.9 Å². The molecule has 4 atom stereocenters. The molecule has 4 N–H and O–H groups in total. The number of amides is 1. The Hall–Kier alpha value is -6.03. The van der Waals surface area contributed by atoms with Crippen LogP contribution in [0.5, 0.6) is 11.6 Å². The first-order valence-corrected chi connectivity index (χ1v) is 28.2. The molecule has 398 valence electrons. The number of nitro benzene ring substituents is 1. The van der Waals surface area contributed by atoms with Gasteiger partial charge in [0, 0.05) is 81.3 Å². The zero-order valence-corrected chi connectivity index (χ0v) is 43.6. The third-order valence-electron chi connectivity index (χ3n) is 17.2. The first-order chi connectivity index (χ1) is 36.1. The standard InChI is InChI=1S/C55H67N9O10S/c1-34(2)40-6-4-5-7-41(40)47-32-72-23-21-62(47)38-28-55(29-38)14-19-61(20-15-55)37-8-9-42(44(25-37)63-43-11-22-71-33-49(43)74-53-46(63)24-35-10-16-56-51(35)58-53)52(65)59-75(69,70)39-26-45(64(67)68)50-48(27-39)73-31-36(57-50)30-60-17-12-54(3,66)13-18-60/h4-10,16,24-27,34,36,38,43,47,49,57,66H,11-15,17-23,28-33H2,1-3H3,(H,56,58)(H,59,65)/t36-,43-,47-,49-/m0/s1. The minimum absolute atomic E-state index is 0.00242. The van der Waals surface area contributed by atoms with Crippen LogP contribution in [0, 0.1) is 15.5 Å². The summed E-state index contributed by atoms with van der Waals surface area (Å²) in [7, 11) is -4.72. The SMILES string of the molecule is CC(C)c1ccccc1[C@@H]1COCCN1C1CC2(CCN(c3ccc(C(=O)NS(=O)(=O)c4cc5c(c([N+](=O)[O-])c4)N[C@@H](CN4CCC(C)(O)CC4)CO5)c(N4c5cc6cc[nH]c6nc5O[C@H]5COCC[C@@H]54)c3)CC2)C1. The number of piperidine rings is 2. The molecule has 2 aromatic heterocycles. The van der Waals surface area contributed by atoms with E-state index in [2.05, 4.69) is 72.7 Å². The lowest BCUT2D eigenvalue weighted by atomic mass is 9.59. The quantitative estimate of drug-likeness (QED) is 0.0757. The molecule has 0 bridgehead atoms. The molecular weight excluding hydrogens is 979 g/mol. The van der Waals surface area contributed by atoms with Gasteiger partial charge in [0.15, 0.2) is 11.4 Å². The number of fused-ring (bicyclic) bond motifs is 4. The lowest BCUT2D eigenvalue weighted by molar-refractivity contribution is -0.384. The fourth-order valence-corrected chi connectivity index (χ4v) is 14.0. The predicted molar refractivity (Wildman–Crippen MR) is 283 cm³/mol. The highest BCUT2D eigenvalue weighted by molar-refractivity contribution is 7.90. The Morgan fingerprint density at radius 1 is 0.947 bits per heavy atom. The molecule has 19 nitrogen and oxygen atoms in total. The molecule has 3 aromatic carbocycles. The van der Waals surface area contributed by atoms with Crippen molar-refractivity contribution in [3.8, 4) is 11.6 Å². The van der Waals surface area contributed by atoms with Gasteiger partial charge >= 0.3 is 0 Å². The summed E-state index contributed by atoms with van der Waals surface area (Å²) in [4.78, 5) is 43.7. The zero-order valence-electron chi connectivity index (χ0n) is 42.8. The van der Waals surface area contributed by atoms with Crippen LogP contribution in [0.2, 0.25) is 0 Å². The summed E-state index contributed by atoms with van der Waals surface area (Å²) in [5.74, 6) is -0.123. The van der Waals surface area contributed by atoms with Crippen LogP contribution in [0.25, 0.3) is 11.0 Å². The molecule has 1 spiro atoms. The lowest BCUT2D eigenvalue weighted by Gasteiger charge is -2.57. The maximum atomic E-state index is 14.8. The van der Waals surface area contributed by atoms with E-state index >= 15 is 0 Å². The van der Waals surface area contributed by atoms with Gasteiger partial charge in [-0.05, 0) is 105 Å². The average molecular weight is 1050 g/mol. The molecule has 6 aliphatic heterocycles. The Balaban J connectivity index is 0.821. The number of sulfonamides is 1. The molecule has 12 rings (SSSR count). The zero-order chi connectivity index (χ0) is 51.8. The number of benzene rings is 3. The highest BCUT2D eigenvalue weighted by Crippen LogP contribution is 2.54. The van der Waals surface area contributed by atoms with Crippen LogP contribution < -0.4 is 29.3 Å². The van der Waals surface area contributed by atoms with Gasteiger partial charge in [-0.2, -0.15) is 4.98 Å². The molecule has 1 amide bonds. The number of nitro groups is 1. The molecule has 75 heavy (non-hydrogen) atoms. The second-order valence-electron chi connectivity index (χ2n) is 22.5. The fourth-order valence-electron chi connectivity index (χ4n) is 13.0. The van der Waals surface area contributed by atoms with Gasteiger partial charge in [0.2, 0.25) is 5.88 Å². The van der Waals surface area contributed by atoms with Gasteiger partial charge in [-0.3, -0.25) is 19.8 Å². The number of carbonyl (C=O) groups is 1. The van der Waals surface area contributed by atoms with Crippen molar-refractivity contribution in [3.63, 3.8) is 0 Å². The lowest BCUT2D eigenvalue weighted by Crippen LogP contribution is -2.58. The summed E-state index contributed by atoms with van der Waals surface area (Å²) in [5, 5.41) is 27.1. The van der Waals surface area contributed by atoms with E-state index in [0.29, 0.717) is 93.6 Å². The van der Waals surface area contributed by atoms with Crippen molar-refractivity contribution in [2.45, 2.75) is 112 Å². The average Bonchev–Trinajstić information content (AvgIpc) is 3.86. The second kappa shape index (κ2) is 19.5. The van der Waals surface area contributed by atoms with E-state index in [1.807, 2.05) is 31.2 Å². The van der Waals surface area contributed by atoms with Crippen molar-refractivity contribution < 1.29 is 42.2 Å². The number of hydrogen-bond acceptors (Lipinski definition) is 16. The van der Waals surface area contributed by atoms with Crippen molar-refractivity contribution in [1.29, 1.82) is 0 Å². The van der Waals surface area contributed by atoms with Crippen molar-refractivity contribution in [2.24, 2.45) is 5.41 Å². The van der Waals surface area contributed by atoms with Gasteiger partial charge in [-0.1, -0.05) is 38.1 Å². The Bertz CT molecular complexity index is 3100. The summed E-state index contributed by atoms with van der Waals surface area (Å²) in [6, 6.07) is 20.6. The number of morpholine rings is 1. The Morgan fingerprint density at radius 3 is 2.52 bits per heavy atom. The molecule has 5 fully saturated rings. The Morgan fingerprint density at radius 2 is 1.73 bits per heavy atom. The van der Waals surface area contributed by atoms with Crippen molar-refractivity contribution in [3.05, 3.63) is 99.7 Å². The van der Waals surface area contributed by atoms with Crippen LogP contribution in [0.4, 0.5) is 28.4 Å². The number of pyridine rings is 1. The molecule has 7 aliphatic rings. The van der Waals surface area contributed by atoms with E-state index in [1.165, 1.54) is 17.2 Å². The smallest absolute Gasteiger partial charge is 0.297 e. The Labute approximate surface area is 437 Å². The maximum Gasteiger partial charge on any atom is 0.297 e. The normalized spacial score (nSPS) is 24.8. The van der Waals surface area contributed by atoms with Gasteiger partial charge in [-0.25, -0.2) is 13.1 Å². The Kier molecular flexibility index (Phi) is 13.0. The van der Waals surface area contributed by atoms with Gasteiger partial charge in [-0.15, -0.1) is 0 Å². The number of nitrogens with one attached hydrogen (secondary N) is 3. The number of hydrogen-bond donors (Lipinski definition) is 4. The molecular formula is C55H67N9O10S. The number of rotatable bonds is 11. The van der Waals surface area contributed by atoms with Crippen LogP contribution in [-0.4, -0.2) is 146 Å². The predicted octanol–water partition coefficient (Wildman–Crippen LogP) is 7.24. The number of aliphatic hydroxyl groups is 1. The molecule has 0 radical (unpaired) electrons. The summed E-state index contributed by atoms with van der Waals surface area (Å²) in [6.07, 6.45) is 7.44. The molecule has 20 heteroatoms. The summed E-state index contributed by atoms with van der Waals surface area (Å²) < 4.78 is 55.7. The van der Waals surface area contributed by atoms with Crippen LogP contribution >= 0.6 is 0 Å². The molecule has 0 unspecified atom stereocenters. The number of anilines is 4.